The lowest BCUT2D eigenvalue weighted by Gasteiger charge is -2.23. The number of hydrogen-bond donors (Lipinski definition) is 1. The van der Waals surface area contributed by atoms with E-state index < -0.39 is 0 Å². The lowest BCUT2D eigenvalue weighted by atomic mass is 9.97. The zero-order chi connectivity index (χ0) is 11.3. The molecular weight excluding hydrogens is 184 g/mol. The SMILES string of the molecule is CC(CNCC(C)(C)C)CN1CCCC1. The van der Waals surface area contributed by atoms with Crippen molar-refractivity contribution in [3.05, 3.63) is 0 Å². The van der Waals surface area contributed by atoms with Gasteiger partial charge in [-0.05, 0) is 50.4 Å². The highest BCUT2D eigenvalue weighted by Crippen LogP contribution is 2.12. The van der Waals surface area contributed by atoms with Crippen molar-refractivity contribution in [2.75, 3.05) is 32.7 Å². The van der Waals surface area contributed by atoms with Gasteiger partial charge < -0.3 is 10.2 Å². The van der Waals surface area contributed by atoms with Gasteiger partial charge in [0.25, 0.3) is 0 Å². The van der Waals surface area contributed by atoms with Gasteiger partial charge in [-0.25, -0.2) is 0 Å². The van der Waals surface area contributed by atoms with Crippen LogP contribution in [0.2, 0.25) is 0 Å². The summed E-state index contributed by atoms with van der Waals surface area (Å²) in [5.41, 5.74) is 0.410. The van der Waals surface area contributed by atoms with Gasteiger partial charge in [0.1, 0.15) is 0 Å². The van der Waals surface area contributed by atoms with Crippen LogP contribution in [0.5, 0.6) is 0 Å². The Bertz CT molecular complexity index is 166. The lowest BCUT2D eigenvalue weighted by molar-refractivity contribution is 0.274. The first-order valence-electron chi connectivity index (χ1n) is 6.40. The maximum atomic E-state index is 3.57. The van der Waals surface area contributed by atoms with Crippen molar-refractivity contribution in [2.45, 2.75) is 40.5 Å². The molecule has 0 aromatic heterocycles. The van der Waals surface area contributed by atoms with E-state index in [-0.39, 0.29) is 0 Å². The van der Waals surface area contributed by atoms with Crippen molar-refractivity contribution in [3.63, 3.8) is 0 Å². The fourth-order valence-corrected chi connectivity index (χ4v) is 2.16. The molecule has 0 bridgehead atoms. The summed E-state index contributed by atoms with van der Waals surface area (Å²) in [6.07, 6.45) is 2.81. The van der Waals surface area contributed by atoms with E-state index in [0.29, 0.717) is 5.41 Å². The Morgan fingerprint density at radius 3 is 2.33 bits per heavy atom. The molecule has 2 nitrogen and oxygen atoms in total. The lowest BCUT2D eigenvalue weighted by Crippen LogP contribution is -2.35. The average molecular weight is 212 g/mol. The summed E-state index contributed by atoms with van der Waals surface area (Å²) in [6, 6.07) is 0. The van der Waals surface area contributed by atoms with Gasteiger partial charge in [0.05, 0.1) is 0 Å². The summed E-state index contributed by atoms with van der Waals surface area (Å²) in [5, 5.41) is 3.57. The molecule has 0 aromatic rings. The van der Waals surface area contributed by atoms with Gasteiger partial charge in [0.2, 0.25) is 0 Å². The monoisotopic (exact) mass is 212 g/mol. The van der Waals surface area contributed by atoms with Crippen LogP contribution in [0.25, 0.3) is 0 Å². The summed E-state index contributed by atoms with van der Waals surface area (Å²) in [7, 11) is 0. The van der Waals surface area contributed by atoms with Gasteiger partial charge >= 0.3 is 0 Å². The summed E-state index contributed by atoms with van der Waals surface area (Å²) in [4.78, 5) is 2.60. The second-order valence-electron chi connectivity index (χ2n) is 6.30. The molecule has 0 amide bonds. The Kier molecular flexibility index (Phi) is 5.07. The normalized spacial score (nSPS) is 20.8. The van der Waals surface area contributed by atoms with Crippen LogP contribution in [-0.2, 0) is 0 Å². The molecule has 1 unspecified atom stereocenters. The summed E-state index contributed by atoms with van der Waals surface area (Å²) in [6.45, 7) is 15.4. The zero-order valence-electron chi connectivity index (χ0n) is 11.0. The minimum absolute atomic E-state index is 0.410. The highest BCUT2D eigenvalue weighted by molar-refractivity contribution is 4.71. The molecule has 1 N–H and O–H groups in total. The van der Waals surface area contributed by atoms with Crippen LogP contribution in [0.15, 0.2) is 0 Å². The van der Waals surface area contributed by atoms with Crippen LogP contribution in [0.4, 0.5) is 0 Å². The molecule has 1 heterocycles. The van der Waals surface area contributed by atoms with E-state index in [1.165, 1.54) is 32.5 Å². The predicted octanol–water partition coefficient (Wildman–Crippen LogP) is 2.35. The van der Waals surface area contributed by atoms with Gasteiger partial charge in [-0.15, -0.1) is 0 Å². The van der Waals surface area contributed by atoms with E-state index in [0.717, 1.165) is 19.0 Å². The number of hydrogen-bond acceptors (Lipinski definition) is 2. The molecule has 1 aliphatic rings. The first kappa shape index (κ1) is 13.0. The van der Waals surface area contributed by atoms with Gasteiger partial charge in [-0.2, -0.15) is 0 Å². The second kappa shape index (κ2) is 5.86. The molecule has 2 heteroatoms. The Hall–Kier alpha value is -0.0800. The molecule has 15 heavy (non-hydrogen) atoms. The smallest absolute Gasteiger partial charge is 0.00191 e. The van der Waals surface area contributed by atoms with Gasteiger partial charge in [-0.3, -0.25) is 0 Å². The molecule has 0 aliphatic carbocycles. The number of likely N-dealkylation sites (tertiary alicyclic amines) is 1. The van der Waals surface area contributed by atoms with Crippen LogP contribution < -0.4 is 5.32 Å². The molecule has 0 spiro atoms. The van der Waals surface area contributed by atoms with Crippen molar-refractivity contribution >= 4 is 0 Å². The first-order chi connectivity index (χ1) is 6.97. The zero-order valence-corrected chi connectivity index (χ0v) is 11.0. The topological polar surface area (TPSA) is 15.3 Å². The minimum atomic E-state index is 0.410. The molecule has 1 aliphatic heterocycles. The standard InChI is InChI=1S/C13H28N2/c1-12(9-14-11-13(2,3)4)10-15-7-5-6-8-15/h12,14H,5-11H2,1-4H3. The van der Waals surface area contributed by atoms with E-state index in [1.807, 2.05) is 0 Å². The third kappa shape index (κ3) is 6.16. The minimum Gasteiger partial charge on any atom is -0.316 e. The third-order valence-corrected chi connectivity index (χ3v) is 2.92. The van der Waals surface area contributed by atoms with Crippen LogP contribution in [0.1, 0.15) is 40.5 Å². The largest absolute Gasteiger partial charge is 0.316 e. The highest BCUT2D eigenvalue weighted by Gasteiger charge is 2.15. The molecule has 0 saturated carbocycles. The van der Waals surface area contributed by atoms with E-state index >= 15 is 0 Å². The number of rotatable bonds is 5. The Labute approximate surface area is 95.4 Å². The number of nitrogens with one attached hydrogen (secondary N) is 1. The van der Waals surface area contributed by atoms with Gasteiger partial charge in [-0.1, -0.05) is 27.7 Å². The maximum Gasteiger partial charge on any atom is 0.00191 e. The molecule has 0 radical (unpaired) electrons. The molecule has 1 saturated heterocycles. The Morgan fingerprint density at radius 2 is 1.80 bits per heavy atom. The maximum absolute atomic E-state index is 3.57. The Morgan fingerprint density at radius 1 is 1.20 bits per heavy atom. The molecule has 1 rings (SSSR count). The first-order valence-corrected chi connectivity index (χ1v) is 6.40. The van der Waals surface area contributed by atoms with E-state index in [2.05, 4.69) is 37.9 Å². The van der Waals surface area contributed by atoms with Crippen molar-refractivity contribution in [2.24, 2.45) is 11.3 Å². The quantitative estimate of drug-likeness (QED) is 0.752. The summed E-state index contributed by atoms with van der Waals surface area (Å²) < 4.78 is 0. The van der Waals surface area contributed by atoms with Crippen molar-refractivity contribution in [3.8, 4) is 0 Å². The van der Waals surface area contributed by atoms with Crippen LogP contribution in [-0.4, -0.2) is 37.6 Å². The van der Waals surface area contributed by atoms with Gasteiger partial charge in [0.15, 0.2) is 0 Å². The summed E-state index contributed by atoms with van der Waals surface area (Å²) in [5.74, 6) is 0.783. The van der Waals surface area contributed by atoms with Crippen LogP contribution in [0, 0.1) is 11.3 Å². The van der Waals surface area contributed by atoms with Crippen molar-refractivity contribution < 1.29 is 0 Å². The van der Waals surface area contributed by atoms with Crippen molar-refractivity contribution in [1.29, 1.82) is 0 Å². The van der Waals surface area contributed by atoms with Crippen LogP contribution >= 0.6 is 0 Å². The van der Waals surface area contributed by atoms with Crippen LogP contribution in [0.3, 0.4) is 0 Å². The second-order valence-corrected chi connectivity index (χ2v) is 6.30. The van der Waals surface area contributed by atoms with Gasteiger partial charge in [0, 0.05) is 6.54 Å². The Balaban J connectivity index is 2.05. The fraction of sp³-hybridized carbons (Fsp3) is 1.00. The average Bonchev–Trinajstić information content (AvgIpc) is 2.54. The predicted molar refractivity (Wildman–Crippen MR) is 67.2 cm³/mol. The number of nitrogens with zero attached hydrogens (tertiary/aromatic N) is 1. The molecule has 90 valence electrons. The van der Waals surface area contributed by atoms with E-state index in [4.69, 9.17) is 0 Å². The fourth-order valence-electron chi connectivity index (χ4n) is 2.16. The molecule has 0 aromatic carbocycles. The van der Waals surface area contributed by atoms with E-state index in [9.17, 15) is 0 Å². The molecule has 1 fully saturated rings. The van der Waals surface area contributed by atoms with E-state index in [1.54, 1.807) is 0 Å². The molecule has 1 atom stereocenters. The summed E-state index contributed by atoms with van der Waals surface area (Å²) >= 11 is 0. The van der Waals surface area contributed by atoms with Crippen molar-refractivity contribution in [1.82, 2.24) is 10.2 Å². The third-order valence-electron chi connectivity index (χ3n) is 2.92. The molecular formula is C13H28N2. The highest BCUT2D eigenvalue weighted by atomic mass is 15.1.